The Morgan fingerprint density at radius 2 is 1.74 bits per heavy atom. The highest BCUT2D eigenvalue weighted by atomic mass is 32.1. The average molecular weight is 267 g/mol. The van der Waals surface area contributed by atoms with Crippen LogP contribution in [0.2, 0.25) is 0 Å². The molecule has 0 bridgehead atoms. The summed E-state index contributed by atoms with van der Waals surface area (Å²) in [6, 6.07) is 13.8. The van der Waals surface area contributed by atoms with Crippen LogP contribution in [0, 0.1) is 0 Å². The van der Waals surface area contributed by atoms with Gasteiger partial charge in [-0.2, -0.15) is 0 Å². The number of benzene rings is 1. The summed E-state index contributed by atoms with van der Waals surface area (Å²) in [5.74, 6) is 0. The Morgan fingerprint density at radius 3 is 2.47 bits per heavy atom. The lowest BCUT2D eigenvalue weighted by atomic mass is 10.1. The van der Waals surface area contributed by atoms with Crippen molar-refractivity contribution in [2.75, 3.05) is 0 Å². The third-order valence-corrected chi connectivity index (χ3v) is 3.85. The molecule has 3 nitrogen and oxygen atoms in total. The fraction of sp³-hybridized carbons (Fsp3) is 0.0667. The molecule has 1 aromatic carbocycles. The zero-order chi connectivity index (χ0) is 13.1. The van der Waals surface area contributed by atoms with E-state index in [1.165, 1.54) is 0 Å². The summed E-state index contributed by atoms with van der Waals surface area (Å²) in [5, 5.41) is 2.97. The van der Waals surface area contributed by atoms with Gasteiger partial charge in [-0.25, -0.2) is 4.98 Å². The first kappa shape index (κ1) is 12.0. The van der Waals surface area contributed by atoms with Gasteiger partial charge in [0, 0.05) is 23.3 Å². The van der Waals surface area contributed by atoms with Gasteiger partial charge in [0.15, 0.2) is 0 Å². The standard InChI is InChI=1S/C15H13N3S/c16-14(12-6-8-17-9-7-12)15-18-13(10-19-15)11-4-2-1-3-5-11/h1-10,14H,16H2. The molecule has 0 fully saturated rings. The molecule has 0 spiro atoms. The van der Waals surface area contributed by atoms with E-state index in [0.717, 1.165) is 21.8 Å². The highest BCUT2D eigenvalue weighted by molar-refractivity contribution is 7.10. The zero-order valence-corrected chi connectivity index (χ0v) is 11.0. The van der Waals surface area contributed by atoms with E-state index in [-0.39, 0.29) is 6.04 Å². The van der Waals surface area contributed by atoms with Crippen molar-refractivity contribution in [2.45, 2.75) is 6.04 Å². The first-order valence-electron chi connectivity index (χ1n) is 6.01. The van der Waals surface area contributed by atoms with Gasteiger partial charge in [0.25, 0.3) is 0 Å². The number of pyridine rings is 1. The lowest BCUT2D eigenvalue weighted by Crippen LogP contribution is -2.11. The van der Waals surface area contributed by atoms with Gasteiger partial charge >= 0.3 is 0 Å². The second-order valence-corrected chi connectivity index (χ2v) is 5.08. The predicted molar refractivity (Wildman–Crippen MR) is 77.8 cm³/mol. The maximum absolute atomic E-state index is 6.23. The Kier molecular flexibility index (Phi) is 3.35. The molecule has 1 unspecified atom stereocenters. The second-order valence-electron chi connectivity index (χ2n) is 4.20. The highest BCUT2D eigenvalue weighted by Gasteiger charge is 2.13. The minimum absolute atomic E-state index is 0.189. The van der Waals surface area contributed by atoms with Gasteiger partial charge in [0.05, 0.1) is 11.7 Å². The average Bonchev–Trinajstić information content (AvgIpc) is 2.98. The molecule has 4 heteroatoms. The maximum Gasteiger partial charge on any atom is 0.115 e. The molecule has 3 aromatic rings. The summed E-state index contributed by atoms with van der Waals surface area (Å²) in [6.45, 7) is 0. The van der Waals surface area contributed by atoms with Crippen LogP contribution in [0.1, 0.15) is 16.6 Å². The Hall–Kier alpha value is -2.04. The Bertz CT molecular complexity index is 649. The largest absolute Gasteiger partial charge is 0.318 e. The van der Waals surface area contributed by atoms with E-state index in [9.17, 15) is 0 Å². The molecule has 94 valence electrons. The number of hydrogen-bond acceptors (Lipinski definition) is 4. The molecule has 2 N–H and O–H groups in total. The van der Waals surface area contributed by atoms with Crippen LogP contribution in [0.15, 0.2) is 60.2 Å². The number of aromatic nitrogens is 2. The minimum Gasteiger partial charge on any atom is -0.318 e. The lowest BCUT2D eigenvalue weighted by Gasteiger charge is -2.07. The van der Waals surface area contributed by atoms with Gasteiger partial charge in [-0.1, -0.05) is 30.3 Å². The van der Waals surface area contributed by atoms with Crippen LogP contribution in [0.25, 0.3) is 11.3 Å². The fourth-order valence-corrected chi connectivity index (χ4v) is 2.74. The summed E-state index contributed by atoms with van der Waals surface area (Å²) >= 11 is 1.59. The van der Waals surface area contributed by atoms with Crippen LogP contribution < -0.4 is 5.73 Å². The van der Waals surface area contributed by atoms with Crippen molar-refractivity contribution in [2.24, 2.45) is 5.73 Å². The minimum atomic E-state index is -0.189. The lowest BCUT2D eigenvalue weighted by molar-refractivity contribution is 0.855. The van der Waals surface area contributed by atoms with E-state index >= 15 is 0 Å². The van der Waals surface area contributed by atoms with E-state index in [0.29, 0.717) is 0 Å². The molecule has 0 aliphatic heterocycles. The molecule has 0 amide bonds. The van der Waals surface area contributed by atoms with Gasteiger partial charge in [0.2, 0.25) is 0 Å². The molecule has 0 saturated carbocycles. The molecule has 0 aliphatic rings. The number of hydrogen-bond donors (Lipinski definition) is 1. The van der Waals surface area contributed by atoms with Gasteiger partial charge in [0.1, 0.15) is 5.01 Å². The number of thiazole rings is 1. The van der Waals surface area contributed by atoms with Crippen LogP contribution >= 0.6 is 11.3 Å². The number of rotatable bonds is 3. The Morgan fingerprint density at radius 1 is 1.00 bits per heavy atom. The smallest absolute Gasteiger partial charge is 0.115 e. The number of nitrogens with two attached hydrogens (primary N) is 1. The second kappa shape index (κ2) is 5.30. The van der Waals surface area contributed by atoms with Crippen LogP contribution in [0.3, 0.4) is 0 Å². The molecule has 2 heterocycles. The van der Waals surface area contributed by atoms with Crippen LogP contribution in [-0.2, 0) is 0 Å². The maximum atomic E-state index is 6.23. The quantitative estimate of drug-likeness (QED) is 0.792. The molecule has 0 aliphatic carbocycles. The summed E-state index contributed by atoms with van der Waals surface area (Å²) in [6.07, 6.45) is 3.50. The SMILES string of the molecule is NC(c1ccncc1)c1nc(-c2ccccc2)cs1. The molecule has 1 atom stereocenters. The molecular formula is C15H13N3S. The molecule has 2 aromatic heterocycles. The summed E-state index contributed by atoms with van der Waals surface area (Å²) < 4.78 is 0. The summed E-state index contributed by atoms with van der Waals surface area (Å²) in [4.78, 5) is 8.63. The van der Waals surface area contributed by atoms with Crippen molar-refractivity contribution in [3.63, 3.8) is 0 Å². The van der Waals surface area contributed by atoms with Crippen LogP contribution in [0.5, 0.6) is 0 Å². The number of nitrogens with zero attached hydrogens (tertiary/aromatic N) is 2. The third kappa shape index (κ3) is 2.54. The predicted octanol–water partition coefficient (Wildman–Crippen LogP) is 3.25. The van der Waals surface area contributed by atoms with Gasteiger partial charge in [-0.3, -0.25) is 4.98 Å². The molecule has 19 heavy (non-hydrogen) atoms. The molecule has 0 radical (unpaired) electrons. The van der Waals surface area contributed by atoms with E-state index < -0.39 is 0 Å². The normalized spacial score (nSPS) is 12.3. The van der Waals surface area contributed by atoms with Crippen molar-refractivity contribution in [1.82, 2.24) is 9.97 Å². The first-order valence-corrected chi connectivity index (χ1v) is 6.89. The fourth-order valence-electron chi connectivity index (χ4n) is 1.89. The van der Waals surface area contributed by atoms with Crippen molar-refractivity contribution >= 4 is 11.3 Å². The molecular weight excluding hydrogens is 254 g/mol. The Balaban J connectivity index is 1.90. The van der Waals surface area contributed by atoms with Gasteiger partial charge < -0.3 is 5.73 Å². The van der Waals surface area contributed by atoms with Crippen LogP contribution in [-0.4, -0.2) is 9.97 Å². The molecule has 0 saturated heterocycles. The van der Waals surface area contributed by atoms with E-state index in [2.05, 4.69) is 22.1 Å². The van der Waals surface area contributed by atoms with Crippen molar-refractivity contribution in [1.29, 1.82) is 0 Å². The van der Waals surface area contributed by atoms with E-state index in [4.69, 9.17) is 5.73 Å². The topological polar surface area (TPSA) is 51.8 Å². The Labute approximate surface area is 115 Å². The van der Waals surface area contributed by atoms with Crippen LogP contribution in [0.4, 0.5) is 0 Å². The summed E-state index contributed by atoms with van der Waals surface area (Å²) in [7, 11) is 0. The monoisotopic (exact) mass is 267 g/mol. The van der Waals surface area contributed by atoms with Gasteiger partial charge in [-0.15, -0.1) is 11.3 Å². The first-order chi connectivity index (χ1) is 9.34. The third-order valence-electron chi connectivity index (χ3n) is 2.92. The molecule has 3 rings (SSSR count). The van der Waals surface area contributed by atoms with Gasteiger partial charge in [-0.05, 0) is 17.7 Å². The summed E-state index contributed by atoms with van der Waals surface area (Å²) in [5.41, 5.74) is 9.35. The van der Waals surface area contributed by atoms with Crippen molar-refractivity contribution in [3.05, 3.63) is 70.8 Å². The van der Waals surface area contributed by atoms with E-state index in [1.54, 1.807) is 23.7 Å². The van der Waals surface area contributed by atoms with E-state index in [1.807, 2.05) is 35.7 Å². The highest BCUT2D eigenvalue weighted by Crippen LogP contribution is 2.27. The van der Waals surface area contributed by atoms with Crippen molar-refractivity contribution < 1.29 is 0 Å². The van der Waals surface area contributed by atoms with Crippen molar-refractivity contribution in [3.8, 4) is 11.3 Å². The zero-order valence-electron chi connectivity index (χ0n) is 10.2.